The third kappa shape index (κ3) is 2.49. The van der Waals surface area contributed by atoms with Gasteiger partial charge in [-0.2, -0.15) is 0 Å². The zero-order valence-electron chi connectivity index (χ0n) is 14.1. The van der Waals surface area contributed by atoms with Gasteiger partial charge in [-0.05, 0) is 55.1 Å². The maximum atomic E-state index is 13.1. The van der Waals surface area contributed by atoms with Gasteiger partial charge in [0.1, 0.15) is 0 Å². The predicted molar refractivity (Wildman–Crippen MR) is 99.7 cm³/mol. The minimum absolute atomic E-state index is 0.197. The first-order chi connectivity index (χ1) is 12.2. The second kappa shape index (κ2) is 5.86. The molecule has 0 N–H and O–H groups in total. The smallest absolute Gasteiger partial charge is 0.254 e. The summed E-state index contributed by atoms with van der Waals surface area (Å²) in [5.74, 6) is 0.869. The van der Waals surface area contributed by atoms with Gasteiger partial charge < -0.3 is 9.80 Å². The maximum Gasteiger partial charge on any atom is 0.254 e. The molecule has 0 saturated carbocycles. The molecule has 0 unspecified atom stereocenters. The molecule has 3 saturated heterocycles. The van der Waals surface area contributed by atoms with Crippen molar-refractivity contribution in [2.24, 2.45) is 5.92 Å². The fourth-order valence-corrected chi connectivity index (χ4v) is 4.99. The Kier molecular flexibility index (Phi) is 3.61. The number of amides is 1. The van der Waals surface area contributed by atoms with Crippen LogP contribution in [0.2, 0.25) is 5.02 Å². The molecule has 0 aromatic heterocycles. The Balaban J connectivity index is 1.47. The Morgan fingerprint density at radius 3 is 2.52 bits per heavy atom. The van der Waals surface area contributed by atoms with Crippen LogP contribution in [0.25, 0.3) is 11.1 Å². The highest BCUT2D eigenvalue weighted by Gasteiger charge is 2.42. The summed E-state index contributed by atoms with van der Waals surface area (Å²) >= 11 is 6.34. The fraction of sp³-hybridized carbons (Fsp3) is 0.381. The summed E-state index contributed by atoms with van der Waals surface area (Å²) in [6, 6.07) is 14.4. The number of carbonyl (C=O) groups excluding carboxylic acids is 1. The molecule has 0 radical (unpaired) electrons. The van der Waals surface area contributed by atoms with Gasteiger partial charge in [-0.3, -0.25) is 4.79 Å². The highest BCUT2D eigenvalue weighted by atomic mass is 35.5. The summed E-state index contributed by atoms with van der Waals surface area (Å²) in [6.45, 7) is 4.20. The molecular formula is C21H21ClN2O. The van der Waals surface area contributed by atoms with Crippen molar-refractivity contribution < 1.29 is 4.79 Å². The van der Waals surface area contributed by atoms with Crippen molar-refractivity contribution in [3.05, 3.63) is 58.6 Å². The van der Waals surface area contributed by atoms with Crippen molar-refractivity contribution in [1.29, 1.82) is 0 Å². The third-order valence-electron chi connectivity index (χ3n) is 6.15. The van der Waals surface area contributed by atoms with Crippen molar-refractivity contribution in [2.45, 2.75) is 25.4 Å². The van der Waals surface area contributed by atoms with Crippen LogP contribution in [0, 0.1) is 5.92 Å². The lowest BCUT2D eigenvalue weighted by molar-refractivity contribution is 0.00846. The van der Waals surface area contributed by atoms with E-state index in [1.165, 1.54) is 25.9 Å². The molecule has 3 fully saturated rings. The molecule has 4 aliphatic heterocycles. The van der Waals surface area contributed by atoms with Gasteiger partial charge in [0.25, 0.3) is 5.91 Å². The van der Waals surface area contributed by atoms with Crippen LogP contribution in [0.4, 0.5) is 0 Å². The van der Waals surface area contributed by atoms with Crippen molar-refractivity contribution >= 4 is 17.5 Å². The van der Waals surface area contributed by atoms with Crippen LogP contribution in [0.5, 0.6) is 0 Å². The van der Waals surface area contributed by atoms with E-state index in [2.05, 4.69) is 21.9 Å². The monoisotopic (exact) mass is 352 g/mol. The minimum atomic E-state index is 0.197. The molecule has 2 aromatic rings. The molecule has 4 heteroatoms. The van der Waals surface area contributed by atoms with E-state index in [9.17, 15) is 4.79 Å². The number of benzene rings is 2. The van der Waals surface area contributed by atoms with E-state index in [-0.39, 0.29) is 5.91 Å². The van der Waals surface area contributed by atoms with Gasteiger partial charge in [-0.25, -0.2) is 0 Å². The summed E-state index contributed by atoms with van der Waals surface area (Å²) in [7, 11) is 0. The summed E-state index contributed by atoms with van der Waals surface area (Å²) in [4.78, 5) is 17.7. The van der Waals surface area contributed by atoms with Gasteiger partial charge in [0, 0.05) is 35.3 Å². The summed E-state index contributed by atoms with van der Waals surface area (Å²) in [5.41, 5.74) is 4.01. The molecule has 6 rings (SSSR count). The Hall–Kier alpha value is -1.84. The van der Waals surface area contributed by atoms with Crippen molar-refractivity contribution in [3.8, 4) is 11.1 Å². The number of hydrogen-bond acceptors (Lipinski definition) is 2. The number of carbonyl (C=O) groups is 1. The molecule has 3 nitrogen and oxygen atoms in total. The van der Waals surface area contributed by atoms with E-state index in [0.717, 1.165) is 40.4 Å². The number of nitrogens with zero attached hydrogens (tertiary/aromatic N) is 2. The summed E-state index contributed by atoms with van der Waals surface area (Å²) in [6.07, 6.45) is 2.46. The topological polar surface area (TPSA) is 23.6 Å². The third-order valence-corrected chi connectivity index (χ3v) is 6.48. The van der Waals surface area contributed by atoms with Crippen molar-refractivity contribution in [3.63, 3.8) is 0 Å². The standard InChI is InChI=1S/C21H21ClN2O/c22-19-4-2-1-3-17(19)15-5-6-16-12-24(21(25)18(16)11-15)20-13-23-9-7-14(20)8-10-23/h1-6,11,14,20H,7-10,12-13H2/t20-/m0/s1. The molecule has 2 bridgehead atoms. The van der Waals surface area contributed by atoms with Gasteiger partial charge >= 0.3 is 0 Å². The Morgan fingerprint density at radius 1 is 1.00 bits per heavy atom. The van der Waals surface area contributed by atoms with Crippen LogP contribution in [0.1, 0.15) is 28.8 Å². The number of piperidine rings is 3. The highest BCUT2D eigenvalue weighted by Crippen LogP contribution is 2.37. The number of fused-ring (bicyclic) bond motifs is 4. The summed E-state index contributed by atoms with van der Waals surface area (Å²) in [5, 5.41) is 0.724. The Bertz CT molecular complexity index is 842. The van der Waals surface area contributed by atoms with E-state index in [1.54, 1.807) is 0 Å². The second-order valence-electron chi connectivity index (χ2n) is 7.49. The molecule has 0 aliphatic carbocycles. The second-order valence-corrected chi connectivity index (χ2v) is 7.90. The first-order valence-corrected chi connectivity index (χ1v) is 9.49. The SMILES string of the molecule is O=C1c2cc(-c3ccccc3Cl)ccc2CN1[C@H]1CN2CCC1CC2. The van der Waals surface area contributed by atoms with Crippen LogP contribution in [-0.4, -0.2) is 41.4 Å². The largest absolute Gasteiger partial charge is 0.330 e. The summed E-state index contributed by atoms with van der Waals surface area (Å²) < 4.78 is 0. The van der Waals surface area contributed by atoms with Gasteiger partial charge in [0.15, 0.2) is 0 Å². The van der Waals surface area contributed by atoms with E-state index < -0.39 is 0 Å². The lowest BCUT2D eigenvalue weighted by Crippen LogP contribution is -2.57. The van der Waals surface area contributed by atoms with Gasteiger partial charge in [-0.1, -0.05) is 41.9 Å². The average molecular weight is 353 g/mol. The minimum Gasteiger partial charge on any atom is -0.330 e. The lowest BCUT2D eigenvalue weighted by Gasteiger charge is -2.48. The normalized spacial score (nSPS) is 27.6. The van der Waals surface area contributed by atoms with E-state index in [1.807, 2.05) is 30.3 Å². The van der Waals surface area contributed by atoms with Crippen LogP contribution >= 0.6 is 11.6 Å². The lowest BCUT2D eigenvalue weighted by atomic mass is 9.83. The number of halogens is 1. The number of hydrogen-bond donors (Lipinski definition) is 0. The zero-order chi connectivity index (χ0) is 17.0. The van der Waals surface area contributed by atoms with E-state index in [4.69, 9.17) is 11.6 Å². The van der Waals surface area contributed by atoms with Crippen LogP contribution in [0.15, 0.2) is 42.5 Å². The van der Waals surface area contributed by atoms with Crippen molar-refractivity contribution in [1.82, 2.24) is 9.80 Å². The van der Waals surface area contributed by atoms with Gasteiger partial charge in [-0.15, -0.1) is 0 Å². The van der Waals surface area contributed by atoms with Crippen molar-refractivity contribution in [2.75, 3.05) is 19.6 Å². The quantitative estimate of drug-likeness (QED) is 0.813. The van der Waals surface area contributed by atoms with E-state index in [0.29, 0.717) is 12.0 Å². The maximum absolute atomic E-state index is 13.1. The first kappa shape index (κ1) is 15.4. The first-order valence-electron chi connectivity index (χ1n) is 9.12. The zero-order valence-corrected chi connectivity index (χ0v) is 14.9. The molecular weight excluding hydrogens is 332 g/mol. The van der Waals surface area contributed by atoms with Crippen LogP contribution < -0.4 is 0 Å². The highest BCUT2D eigenvalue weighted by molar-refractivity contribution is 6.33. The molecule has 25 heavy (non-hydrogen) atoms. The average Bonchev–Trinajstić information content (AvgIpc) is 2.99. The Labute approximate surface area is 153 Å². The molecule has 128 valence electrons. The predicted octanol–water partition coefficient (Wildman–Crippen LogP) is 4.06. The number of rotatable bonds is 2. The molecule has 4 aliphatic rings. The van der Waals surface area contributed by atoms with Crippen LogP contribution in [-0.2, 0) is 6.54 Å². The molecule has 1 amide bonds. The van der Waals surface area contributed by atoms with Gasteiger partial charge in [0.2, 0.25) is 0 Å². The molecule has 0 spiro atoms. The Morgan fingerprint density at radius 2 is 1.80 bits per heavy atom. The van der Waals surface area contributed by atoms with Crippen LogP contribution in [0.3, 0.4) is 0 Å². The fourth-order valence-electron chi connectivity index (χ4n) is 4.74. The van der Waals surface area contributed by atoms with Gasteiger partial charge in [0.05, 0.1) is 0 Å². The van der Waals surface area contributed by atoms with E-state index >= 15 is 0 Å². The molecule has 2 aromatic carbocycles. The molecule has 4 heterocycles. The molecule has 1 atom stereocenters.